The van der Waals surface area contributed by atoms with E-state index in [1.165, 1.54) is 6.21 Å². The van der Waals surface area contributed by atoms with Gasteiger partial charge in [0, 0.05) is 17.3 Å². The Morgan fingerprint density at radius 1 is 1.11 bits per heavy atom. The highest BCUT2D eigenvalue weighted by Crippen LogP contribution is 2.21. The van der Waals surface area contributed by atoms with E-state index < -0.39 is 0 Å². The predicted octanol–water partition coefficient (Wildman–Crippen LogP) is 3.52. The molecule has 0 saturated heterocycles. The molecule has 0 atom stereocenters. The Hall–Kier alpha value is -3.87. The van der Waals surface area contributed by atoms with Crippen LogP contribution in [0.3, 0.4) is 0 Å². The summed E-state index contributed by atoms with van der Waals surface area (Å²) in [7, 11) is 3.23. The standard InChI is InChI=1S/C21H20N4O3/c1-27-17-11-9-15(10-12-17)18-14-19(24-23-18)21(26)25-22-13-5-7-16-6-3-4-8-20(16)28-2/h3-14H,1-2H3,(H,23,24)(H,25,26). The first-order valence-corrected chi connectivity index (χ1v) is 8.54. The first-order chi connectivity index (χ1) is 13.7. The zero-order valence-electron chi connectivity index (χ0n) is 15.5. The van der Waals surface area contributed by atoms with Crippen molar-refractivity contribution >= 4 is 18.2 Å². The molecule has 1 heterocycles. The Labute approximate surface area is 162 Å². The number of hydrogen-bond acceptors (Lipinski definition) is 5. The van der Waals surface area contributed by atoms with E-state index in [1.54, 1.807) is 26.4 Å². The molecule has 142 valence electrons. The van der Waals surface area contributed by atoms with Gasteiger partial charge in [0.15, 0.2) is 0 Å². The van der Waals surface area contributed by atoms with Crippen molar-refractivity contribution < 1.29 is 14.3 Å². The second kappa shape index (κ2) is 9.18. The first-order valence-electron chi connectivity index (χ1n) is 8.54. The molecule has 0 spiro atoms. The predicted molar refractivity (Wildman–Crippen MR) is 109 cm³/mol. The maximum atomic E-state index is 12.2. The van der Waals surface area contributed by atoms with Gasteiger partial charge in [-0.15, -0.1) is 0 Å². The van der Waals surface area contributed by atoms with E-state index >= 15 is 0 Å². The lowest BCUT2D eigenvalue weighted by atomic mass is 10.1. The van der Waals surface area contributed by atoms with Gasteiger partial charge in [-0.1, -0.05) is 18.2 Å². The molecule has 2 N–H and O–H groups in total. The van der Waals surface area contributed by atoms with Crippen molar-refractivity contribution in [1.29, 1.82) is 0 Å². The number of nitrogens with zero attached hydrogens (tertiary/aromatic N) is 2. The van der Waals surface area contributed by atoms with Crippen LogP contribution in [0.5, 0.6) is 11.5 Å². The van der Waals surface area contributed by atoms with E-state index in [2.05, 4.69) is 20.7 Å². The minimum Gasteiger partial charge on any atom is -0.497 e. The van der Waals surface area contributed by atoms with Gasteiger partial charge in [0.1, 0.15) is 17.2 Å². The van der Waals surface area contributed by atoms with Crippen LogP contribution in [0.4, 0.5) is 0 Å². The fourth-order valence-electron chi connectivity index (χ4n) is 2.50. The molecule has 0 aliphatic carbocycles. The Morgan fingerprint density at radius 2 is 1.89 bits per heavy atom. The number of rotatable bonds is 7. The summed E-state index contributed by atoms with van der Waals surface area (Å²) in [5.74, 6) is 1.14. The summed E-state index contributed by atoms with van der Waals surface area (Å²) >= 11 is 0. The van der Waals surface area contributed by atoms with Crippen molar-refractivity contribution in [1.82, 2.24) is 15.6 Å². The Balaban J connectivity index is 1.58. The van der Waals surface area contributed by atoms with Gasteiger partial charge in [0.2, 0.25) is 0 Å². The van der Waals surface area contributed by atoms with Gasteiger partial charge < -0.3 is 9.47 Å². The normalized spacial score (nSPS) is 11.1. The Morgan fingerprint density at radius 3 is 2.64 bits per heavy atom. The van der Waals surface area contributed by atoms with Gasteiger partial charge in [0.25, 0.3) is 5.91 Å². The fraction of sp³-hybridized carbons (Fsp3) is 0.0952. The molecular weight excluding hydrogens is 356 g/mol. The molecule has 0 aliphatic rings. The van der Waals surface area contributed by atoms with Crippen LogP contribution in [0.15, 0.2) is 65.8 Å². The van der Waals surface area contributed by atoms with Gasteiger partial charge in [0.05, 0.1) is 19.9 Å². The number of aromatic amines is 1. The maximum absolute atomic E-state index is 12.2. The number of hydrogen-bond donors (Lipinski definition) is 2. The molecule has 1 amide bonds. The number of amides is 1. The second-order valence-electron chi connectivity index (χ2n) is 5.72. The first kappa shape index (κ1) is 18.9. The number of benzene rings is 2. The number of carbonyl (C=O) groups excluding carboxylic acids is 1. The highest BCUT2D eigenvalue weighted by atomic mass is 16.5. The zero-order valence-corrected chi connectivity index (χ0v) is 15.5. The molecule has 7 heteroatoms. The van der Waals surface area contributed by atoms with Crippen LogP contribution in [0.1, 0.15) is 16.1 Å². The van der Waals surface area contributed by atoms with Crippen LogP contribution in [0.25, 0.3) is 17.3 Å². The van der Waals surface area contributed by atoms with Crippen molar-refractivity contribution in [2.75, 3.05) is 14.2 Å². The van der Waals surface area contributed by atoms with Gasteiger partial charge in [-0.25, -0.2) is 5.43 Å². The average Bonchev–Trinajstić information content (AvgIpc) is 3.24. The molecule has 28 heavy (non-hydrogen) atoms. The quantitative estimate of drug-likeness (QED) is 0.488. The average molecular weight is 376 g/mol. The summed E-state index contributed by atoms with van der Waals surface area (Å²) in [5.41, 5.74) is 5.22. The molecule has 2 aromatic carbocycles. The molecule has 0 aliphatic heterocycles. The number of aromatic nitrogens is 2. The van der Waals surface area contributed by atoms with E-state index in [9.17, 15) is 4.79 Å². The monoisotopic (exact) mass is 376 g/mol. The third-order valence-corrected chi connectivity index (χ3v) is 3.95. The topological polar surface area (TPSA) is 88.6 Å². The fourth-order valence-corrected chi connectivity index (χ4v) is 2.50. The molecule has 7 nitrogen and oxygen atoms in total. The molecule has 3 rings (SSSR count). The van der Waals surface area contributed by atoms with Crippen LogP contribution in [-0.4, -0.2) is 36.5 Å². The number of nitrogens with one attached hydrogen (secondary N) is 2. The van der Waals surface area contributed by atoms with Crippen LogP contribution >= 0.6 is 0 Å². The molecule has 1 aromatic heterocycles. The van der Waals surface area contributed by atoms with Crippen molar-refractivity contribution in [3.63, 3.8) is 0 Å². The minimum absolute atomic E-state index is 0.316. The molecular formula is C21H20N4O3. The number of para-hydroxylation sites is 1. The van der Waals surface area contributed by atoms with Gasteiger partial charge in [-0.3, -0.25) is 9.89 Å². The smallest absolute Gasteiger partial charge is 0.289 e. The van der Waals surface area contributed by atoms with Crippen LogP contribution in [0.2, 0.25) is 0 Å². The number of carbonyl (C=O) groups is 1. The Kier molecular flexibility index (Phi) is 6.20. The number of hydrazone groups is 1. The molecule has 0 unspecified atom stereocenters. The second-order valence-corrected chi connectivity index (χ2v) is 5.72. The van der Waals surface area contributed by atoms with Crippen molar-refractivity contribution in [3.8, 4) is 22.8 Å². The van der Waals surface area contributed by atoms with E-state index in [4.69, 9.17) is 9.47 Å². The lowest BCUT2D eigenvalue weighted by molar-refractivity contribution is 0.0950. The van der Waals surface area contributed by atoms with Crippen molar-refractivity contribution in [2.45, 2.75) is 0 Å². The molecule has 0 fully saturated rings. The summed E-state index contributed by atoms with van der Waals surface area (Å²) in [6.45, 7) is 0. The maximum Gasteiger partial charge on any atom is 0.289 e. The van der Waals surface area contributed by atoms with Crippen molar-refractivity contribution in [2.24, 2.45) is 5.10 Å². The number of allylic oxidation sites excluding steroid dienone is 1. The molecule has 0 bridgehead atoms. The Bertz CT molecular complexity index is 991. The lowest BCUT2D eigenvalue weighted by Crippen LogP contribution is -2.17. The van der Waals surface area contributed by atoms with Crippen molar-refractivity contribution in [3.05, 3.63) is 71.9 Å². The zero-order chi connectivity index (χ0) is 19.8. The van der Waals surface area contributed by atoms with Gasteiger partial charge >= 0.3 is 0 Å². The van der Waals surface area contributed by atoms with Crippen LogP contribution < -0.4 is 14.9 Å². The van der Waals surface area contributed by atoms with E-state index in [0.717, 1.165) is 22.6 Å². The van der Waals surface area contributed by atoms with E-state index in [0.29, 0.717) is 11.4 Å². The summed E-state index contributed by atoms with van der Waals surface area (Å²) in [4.78, 5) is 12.2. The molecule has 0 saturated carbocycles. The third kappa shape index (κ3) is 4.64. The SMILES string of the molecule is COc1ccc(-c2cc(C(=O)NN=CC=Cc3ccccc3OC)[nH]n2)cc1. The van der Waals surface area contributed by atoms with Crippen LogP contribution in [-0.2, 0) is 0 Å². The highest BCUT2D eigenvalue weighted by Gasteiger charge is 2.10. The van der Waals surface area contributed by atoms with E-state index in [1.807, 2.05) is 54.6 Å². The van der Waals surface area contributed by atoms with Crippen LogP contribution in [0, 0.1) is 0 Å². The third-order valence-electron chi connectivity index (χ3n) is 3.95. The summed E-state index contributed by atoms with van der Waals surface area (Å²) in [6.07, 6.45) is 5.05. The number of H-pyrrole nitrogens is 1. The summed E-state index contributed by atoms with van der Waals surface area (Å²) in [6, 6.07) is 16.7. The lowest BCUT2D eigenvalue weighted by Gasteiger charge is -2.02. The van der Waals surface area contributed by atoms with Gasteiger partial charge in [-0.2, -0.15) is 10.2 Å². The highest BCUT2D eigenvalue weighted by molar-refractivity contribution is 5.94. The summed E-state index contributed by atoms with van der Waals surface area (Å²) in [5, 5.41) is 10.8. The number of methoxy groups -OCH3 is 2. The van der Waals surface area contributed by atoms with E-state index in [-0.39, 0.29) is 5.91 Å². The number of ether oxygens (including phenoxy) is 2. The van der Waals surface area contributed by atoms with Gasteiger partial charge in [-0.05, 0) is 48.6 Å². The molecule has 3 aromatic rings. The summed E-state index contributed by atoms with van der Waals surface area (Å²) < 4.78 is 10.4. The minimum atomic E-state index is -0.380. The largest absolute Gasteiger partial charge is 0.497 e. The molecule has 0 radical (unpaired) electrons.